The first-order valence-electron chi connectivity index (χ1n) is 6.89. The van der Waals surface area contributed by atoms with Gasteiger partial charge < -0.3 is 5.11 Å². The first kappa shape index (κ1) is 17.6. The molecule has 0 heterocycles. The highest BCUT2D eigenvalue weighted by Crippen LogP contribution is 2.19. The van der Waals surface area contributed by atoms with Crippen molar-refractivity contribution in [1.82, 2.24) is 4.31 Å². The Labute approximate surface area is 130 Å². The highest BCUT2D eigenvalue weighted by Gasteiger charge is 2.23. The van der Waals surface area contributed by atoms with Crippen molar-refractivity contribution in [2.75, 3.05) is 19.7 Å². The van der Waals surface area contributed by atoms with E-state index in [1.807, 2.05) is 0 Å². The van der Waals surface area contributed by atoms with Crippen LogP contribution in [-0.4, -0.2) is 37.5 Å². The Kier molecular flexibility index (Phi) is 7.72. The molecular formula is C14H22BrNO3S. The van der Waals surface area contributed by atoms with Gasteiger partial charge in [0, 0.05) is 17.6 Å². The second-order valence-electron chi connectivity index (χ2n) is 4.64. The Bertz CT molecular complexity index is 488. The van der Waals surface area contributed by atoms with Crippen LogP contribution in [0.5, 0.6) is 0 Å². The SMILES string of the molecule is CCCCCCN(CCO)S(=O)(=O)c1ccc(Br)cc1. The van der Waals surface area contributed by atoms with Gasteiger partial charge in [-0.25, -0.2) is 8.42 Å². The lowest BCUT2D eigenvalue weighted by atomic mass is 10.2. The minimum absolute atomic E-state index is 0.143. The summed E-state index contributed by atoms with van der Waals surface area (Å²) in [7, 11) is -3.51. The molecule has 6 heteroatoms. The Hall–Kier alpha value is -0.430. The van der Waals surface area contributed by atoms with Gasteiger partial charge >= 0.3 is 0 Å². The third-order valence-electron chi connectivity index (χ3n) is 3.06. The van der Waals surface area contributed by atoms with Crippen molar-refractivity contribution < 1.29 is 13.5 Å². The maximum absolute atomic E-state index is 12.5. The van der Waals surface area contributed by atoms with Crippen LogP contribution in [0.3, 0.4) is 0 Å². The van der Waals surface area contributed by atoms with Gasteiger partial charge in [0.2, 0.25) is 10.0 Å². The monoisotopic (exact) mass is 363 g/mol. The van der Waals surface area contributed by atoms with Crippen molar-refractivity contribution >= 4 is 26.0 Å². The minimum atomic E-state index is -3.51. The molecule has 0 bridgehead atoms. The summed E-state index contributed by atoms with van der Waals surface area (Å²) in [6.07, 6.45) is 4.04. The van der Waals surface area contributed by atoms with Crippen molar-refractivity contribution in [1.29, 1.82) is 0 Å². The van der Waals surface area contributed by atoms with Crippen molar-refractivity contribution in [2.45, 2.75) is 37.5 Å². The van der Waals surface area contributed by atoms with Crippen LogP contribution >= 0.6 is 15.9 Å². The quantitative estimate of drug-likeness (QED) is 0.686. The van der Waals surface area contributed by atoms with Crippen LogP contribution in [0.2, 0.25) is 0 Å². The molecular weight excluding hydrogens is 342 g/mol. The molecule has 0 amide bonds. The van der Waals surface area contributed by atoms with Gasteiger partial charge in [0.1, 0.15) is 0 Å². The van der Waals surface area contributed by atoms with Crippen molar-refractivity contribution in [3.8, 4) is 0 Å². The smallest absolute Gasteiger partial charge is 0.243 e. The predicted octanol–water partition coefficient (Wildman–Crippen LogP) is 3.01. The number of aliphatic hydroxyl groups is 1. The maximum Gasteiger partial charge on any atom is 0.243 e. The molecule has 1 rings (SSSR count). The van der Waals surface area contributed by atoms with E-state index < -0.39 is 10.0 Å². The molecule has 0 fully saturated rings. The second-order valence-corrected chi connectivity index (χ2v) is 7.50. The molecule has 0 unspecified atom stereocenters. The first-order chi connectivity index (χ1) is 9.52. The number of nitrogens with zero attached hydrogens (tertiary/aromatic N) is 1. The molecule has 0 aliphatic heterocycles. The Balaban J connectivity index is 2.80. The van der Waals surface area contributed by atoms with Gasteiger partial charge in [-0.1, -0.05) is 42.1 Å². The van der Waals surface area contributed by atoms with Gasteiger partial charge in [-0.3, -0.25) is 0 Å². The lowest BCUT2D eigenvalue weighted by Crippen LogP contribution is -2.34. The zero-order chi connectivity index (χ0) is 15.0. The van der Waals surface area contributed by atoms with Crippen LogP contribution in [0.25, 0.3) is 0 Å². The third-order valence-corrected chi connectivity index (χ3v) is 5.50. The molecule has 1 aromatic rings. The van der Waals surface area contributed by atoms with Crippen LogP contribution in [0.15, 0.2) is 33.6 Å². The molecule has 114 valence electrons. The molecule has 0 aliphatic carbocycles. The van der Waals surface area contributed by atoms with Gasteiger partial charge in [0.25, 0.3) is 0 Å². The standard InChI is InChI=1S/C14H22BrNO3S/c1-2-3-4-5-10-16(11-12-17)20(18,19)14-8-6-13(15)7-9-14/h6-9,17H,2-5,10-12H2,1H3. The number of hydrogen-bond acceptors (Lipinski definition) is 3. The molecule has 0 saturated heterocycles. The average molecular weight is 364 g/mol. The average Bonchev–Trinajstić information content (AvgIpc) is 2.42. The number of benzene rings is 1. The number of halogens is 1. The summed E-state index contributed by atoms with van der Waals surface area (Å²) in [4.78, 5) is 0.268. The largest absolute Gasteiger partial charge is 0.395 e. The van der Waals surface area contributed by atoms with Crippen molar-refractivity contribution in [3.63, 3.8) is 0 Å². The molecule has 1 N–H and O–H groups in total. The zero-order valence-corrected chi connectivity index (χ0v) is 14.2. The zero-order valence-electron chi connectivity index (χ0n) is 11.8. The van der Waals surface area contributed by atoms with E-state index in [2.05, 4.69) is 22.9 Å². The summed E-state index contributed by atoms with van der Waals surface area (Å²) in [6.45, 7) is 2.55. The van der Waals surface area contributed by atoms with E-state index >= 15 is 0 Å². The molecule has 20 heavy (non-hydrogen) atoms. The van der Waals surface area contributed by atoms with Gasteiger partial charge in [-0.05, 0) is 30.7 Å². The van der Waals surface area contributed by atoms with Crippen LogP contribution in [-0.2, 0) is 10.0 Å². The van der Waals surface area contributed by atoms with E-state index in [1.54, 1.807) is 24.3 Å². The van der Waals surface area contributed by atoms with Crippen LogP contribution in [0.1, 0.15) is 32.6 Å². The highest BCUT2D eigenvalue weighted by molar-refractivity contribution is 9.10. The topological polar surface area (TPSA) is 57.6 Å². The molecule has 0 saturated carbocycles. The fraction of sp³-hybridized carbons (Fsp3) is 0.571. The molecule has 0 spiro atoms. The molecule has 0 aliphatic rings. The molecule has 0 atom stereocenters. The predicted molar refractivity (Wildman–Crippen MR) is 84.1 cm³/mol. The maximum atomic E-state index is 12.5. The van der Waals surface area contributed by atoms with Crippen molar-refractivity contribution in [2.24, 2.45) is 0 Å². The van der Waals surface area contributed by atoms with E-state index in [9.17, 15) is 8.42 Å². The van der Waals surface area contributed by atoms with Crippen LogP contribution < -0.4 is 0 Å². The number of unbranched alkanes of at least 4 members (excludes halogenated alkanes) is 3. The molecule has 4 nitrogen and oxygen atoms in total. The summed E-state index contributed by atoms with van der Waals surface area (Å²) in [5, 5.41) is 9.08. The van der Waals surface area contributed by atoms with Crippen LogP contribution in [0.4, 0.5) is 0 Å². The number of sulfonamides is 1. The summed E-state index contributed by atoms with van der Waals surface area (Å²) in [5.41, 5.74) is 0. The van der Waals surface area contributed by atoms with Gasteiger partial charge in [0.15, 0.2) is 0 Å². The van der Waals surface area contributed by atoms with E-state index in [-0.39, 0.29) is 18.0 Å². The molecule has 0 radical (unpaired) electrons. The van der Waals surface area contributed by atoms with Gasteiger partial charge in [-0.15, -0.1) is 0 Å². The number of aliphatic hydroxyl groups excluding tert-OH is 1. The van der Waals surface area contributed by atoms with E-state index in [0.717, 1.165) is 30.2 Å². The first-order valence-corrected chi connectivity index (χ1v) is 9.12. The lowest BCUT2D eigenvalue weighted by Gasteiger charge is -2.21. The molecule has 1 aromatic carbocycles. The summed E-state index contributed by atoms with van der Waals surface area (Å²) in [5.74, 6) is 0. The number of rotatable bonds is 9. The molecule has 0 aromatic heterocycles. The normalized spacial score (nSPS) is 12.0. The second kappa shape index (κ2) is 8.77. The third kappa shape index (κ3) is 5.16. The van der Waals surface area contributed by atoms with E-state index in [4.69, 9.17) is 5.11 Å². The van der Waals surface area contributed by atoms with E-state index in [0.29, 0.717) is 6.54 Å². The Morgan fingerprint density at radius 1 is 1.10 bits per heavy atom. The highest BCUT2D eigenvalue weighted by atomic mass is 79.9. The fourth-order valence-corrected chi connectivity index (χ4v) is 3.67. The fourth-order valence-electron chi connectivity index (χ4n) is 1.93. The Morgan fingerprint density at radius 3 is 2.30 bits per heavy atom. The van der Waals surface area contributed by atoms with Gasteiger partial charge in [-0.2, -0.15) is 4.31 Å². The summed E-state index contributed by atoms with van der Waals surface area (Å²) < 4.78 is 27.2. The lowest BCUT2D eigenvalue weighted by molar-refractivity contribution is 0.251. The summed E-state index contributed by atoms with van der Waals surface area (Å²) >= 11 is 3.29. The van der Waals surface area contributed by atoms with E-state index in [1.165, 1.54) is 4.31 Å². The van der Waals surface area contributed by atoms with Crippen LogP contribution in [0, 0.1) is 0 Å². The van der Waals surface area contributed by atoms with Crippen molar-refractivity contribution in [3.05, 3.63) is 28.7 Å². The summed E-state index contributed by atoms with van der Waals surface area (Å²) in [6, 6.07) is 6.58. The van der Waals surface area contributed by atoms with Gasteiger partial charge in [0.05, 0.1) is 11.5 Å². The Morgan fingerprint density at radius 2 is 1.75 bits per heavy atom. The minimum Gasteiger partial charge on any atom is -0.395 e. The number of hydrogen-bond donors (Lipinski definition) is 1.